The molecule has 0 saturated carbocycles. The normalized spacial score (nSPS) is 10.3. The summed E-state index contributed by atoms with van der Waals surface area (Å²) in [4.78, 5) is 11.6. The Morgan fingerprint density at radius 1 is 1.38 bits per heavy atom. The highest BCUT2D eigenvalue weighted by atomic mass is 16.5. The molecule has 0 amide bonds. The Balaban J connectivity index is 2.53. The fourth-order valence-corrected chi connectivity index (χ4v) is 1.24. The molecule has 2 N–H and O–H groups in total. The zero-order valence-electron chi connectivity index (χ0n) is 9.27. The molecule has 0 spiro atoms. The smallest absolute Gasteiger partial charge is 0.192 e. The predicted molar refractivity (Wildman–Crippen MR) is 59.8 cm³/mol. The fourth-order valence-electron chi connectivity index (χ4n) is 1.24. The molecule has 0 fully saturated rings. The standard InChI is InChI=1S/C12H16O4/c1-2-3-6-16-8-12(15)10-5-4-9(13)7-11(10)14/h4-5,7,13-14H,2-3,6,8H2,1H3. The van der Waals surface area contributed by atoms with Crippen LogP contribution in [0.2, 0.25) is 0 Å². The monoisotopic (exact) mass is 224 g/mol. The second-order valence-corrected chi connectivity index (χ2v) is 3.53. The van der Waals surface area contributed by atoms with Crippen molar-refractivity contribution < 1.29 is 19.7 Å². The highest BCUT2D eigenvalue weighted by molar-refractivity contribution is 5.99. The van der Waals surface area contributed by atoms with E-state index in [9.17, 15) is 9.90 Å². The molecule has 0 atom stereocenters. The summed E-state index contributed by atoms with van der Waals surface area (Å²) < 4.78 is 5.15. The SMILES string of the molecule is CCCCOCC(=O)c1ccc(O)cc1O. The van der Waals surface area contributed by atoms with Gasteiger partial charge in [-0.05, 0) is 18.6 Å². The molecule has 1 aromatic carbocycles. The van der Waals surface area contributed by atoms with Crippen LogP contribution in [0.5, 0.6) is 11.5 Å². The lowest BCUT2D eigenvalue weighted by Gasteiger charge is -2.05. The number of Topliss-reactive ketones (excluding diaryl/α,β-unsaturated/α-hetero) is 1. The minimum Gasteiger partial charge on any atom is -0.508 e. The number of unbranched alkanes of at least 4 members (excludes halogenated alkanes) is 1. The van der Waals surface area contributed by atoms with Crippen LogP contribution < -0.4 is 0 Å². The van der Waals surface area contributed by atoms with Crippen molar-refractivity contribution in [1.29, 1.82) is 0 Å². The van der Waals surface area contributed by atoms with E-state index in [2.05, 4.69) is 0 Å². The number of phenols is 2. The molecule has 0 aliphatic rings. The predicted octanol–water partition coefficient (Wildman–Crippen LogP) is 2.10. The van der Waals surface area contributed by atoms with Crippen LogP contribution in [0.3, 0.4) is 0 Å². The van der Waals surface area contributed by atoms with Crippen LogP contribution in [0, 0.1) is 0 Å². The van der Waals surface area contributed by atoms with E-state index in [1.54, 1.807) is 0 Å². The Morgan fingerprint density at radius 3 is 2.75 bits per heavy atom. The van der Waals surface area contributed by atoms with Gasteiger partial charge in [0.1, 0.15) is 18.1 Å². The first kappa shape index (κ1) is 12.5. The number of carbonyl (C=O) groups excluding carboxylic acids is 1. The quantitative estimate of drug-likeness (QED) is 0.573. The van der Waals surface area contributed by atoms with Crippen molar-refractivity contribution in [2.75, 3.05) is 13.2 Å². The molecule has 1 aromatic rings. The molecule has 0 heterocycles. The first-order chi connectivity index (χ1) is 7.65. The van der Waals surface area contributed by atoms with E-state index in [4.69, 9.17) is 9.84 Å². The Kier molecular flexibility index (Phi) is 4.79. The number of hydrogen-bond acceptors (Lipinski definition) is 4. The third-order valence-corrected chi connectivity index (χ3v) is 2.16. The van der Waals surface area contributed by atoms with E-state index in [0.29, 0.717) is 6.61 Å². The minimum absolute atomic E-state index is 0.0433. The van der Waals surface area contributed by atoms with Crippen molar-refractivity contribution in [2.45, 2.75) is 19.8 Å². The number of ether oxygens (including phenoxy) is 1. The lowest BCUT2D eigenvalue weighted by atomic mass is 10.1. The maximum atomic E-state index is 11.6. The molecule has 0 aromatic heterocycles. The van der Waals surface area contributed by atoms with Gasteiger partial charge in [-0.15, -0.1) is 0 Å². The Hall–Kier alpha value is -1.55. The van der Waals surface area contributed by atoms with Crippen molar-refractivity contribution in [2.24, 2.45) is 0 Å². The van der Waals surface area contributed by atoms with Gasteiger partial charge in [0.15, 0.2) is 5.78 Å². The van der Waals surface area contributed by atoms with Crippen LogP contribution in [0.25, 0.3) is 0 Å². The van der Waals surface area contributed by atoms with Crippen LogP contribution in [-0.4, -0.2) is 29.2 Å². The summed E-state index contributed by atoms with van der Waals surface area (Å²) in [5.41, 5.74) is 0.175. The lowest BCUT2D eigenvalue weighted by molar-refractivity contribution is 0.0752. The van der Waals surface area contributed by atoms with Gasteiger partial charge in [0.2, 0.25) is 0 Å². The summed E-state index contributed by atoms with van der Waals surface area (Å²) in [5.74, 6) is -0.571. The van der Waals surface area contributed by atoms with Crippen molar-refractivity contribution in [3.05, 3.63) is 23.8 Å². The number of hydrogen-bond donors (Lipinski definition) is 2. The second kappa shape index (κ2) is 6.12. The van der Waals surface area contributed by atoms with Crippen molar-refractivity contribution in [1.82, 2.24) is 0 Å². The van der Waals surface area contributed by atoms with E-state index >= 15 is 0 Å². The molecular formula is C12H16O4. The highest BCUT2D eigenvalue weighted by Gasteiger charge is 2.11. The zero-order valence-corrected chi connectivity index (χ0v) is 9.27. The van der Waals surface area contributed by atoms with Gasteiger partial charge in [-0.25, -0.2) is 0 Å². The lowest BCUT2D eigenvalue weighted by Crippen LogP contribution is -2.09. The number of ketones is 1. The second-order valence-electron chi connectivity index (χ2n) is 3.53. The number of carbonyl (C=O) groups is 1. The van der Waals surface area contributed by atoms with Crippen LogP contribution in [0.1, 0.15) is 30.1 Å². The van der Waals surface area contributed by atoms with Gasteiger partial charge >= 0.3 is 0 Å². The third kappa shape index (κ3) is 3.55. The van der Waals surface area contributed by atoms with Gasteiger partial charge in [-0.2, -0.15) is 0 Å². The van der Waals surface area contributed by atoms with Crippen molar-refractivity contribution in [3.63, 3.8) is 0 Å². The maximum absolute atomic E-state index is 11.6. The summed E-state index contributed by atoms with van der Waals surface area (Å²) in [6, 6.07) is 3.88. The van der Waals surface area contributed by atoms with Gasteiger partial charge < -0.3 is 14.9 Å². The van der Waals surface area contributed by atoms with Crippen LogP contribution >= 0.6 is 0 Å². The number of rotatable bonds is 6. The number of benzene rings is 1. The minimum atomic E-state index is -0.284. The summed E-state index contributed by atoms with van der Waals surface area (Å²) in [5, 5.41) is 18.5. The highest BCUT2D eigenvalue weighted by Crippen LogP contribution is 2.22. The molecule has 0 radical (unpaired) electrons. The molecule has 0 bridgehead atoms. The topological polar surface area (TPSA) is 66.8 Å². The Bertz CT molecular complexity index is 360. The molecule has 1 rings (SSSR count). The fraction of sp³-hybridized carbons (Fsp3) is 0.417. The maximum Gasteiger partial charge on any atom is 0.192 e. The molecule has 0 aliphatic heterocycles. The molecule has 0 unspecified atom stereocenters. The zero-order chi connectivity index (χ0) is 12.0. The number of phenolic OH excluding ortho intramolecular Hbond substituents is 2. The summed E-state index contributed by atoms with van der Waals surface area (Å²) in [6.45, 7) is 2.54. The average molecular weight is 224 g/mol. The molecule has 0 aliphatic carbocycles. The average Bonchev–Trinajstić information content (AvgIpc) is 2.24. The molecular weight excluding hydrogens is 208 g/mol. The summed E-state index contributed by atoms with van der Waals surface area (Å²) in [7, 11) is 0. The van der Waals surface area contributed by atoms with E-state index in [0.717, 1.165) is 18.9 Å². The van der Waals surface area contributed by atoms with E-state index in [-0.39, 0.29) is 29.5 Å². The van der Waals surface area contributed by atoms with E-state index in [1.807, 2.05) is 6.92 Å². The van der Waals surface area contributed by atoms with E-state index in [1.165, 1.54) is 12.1 Å². The van der Waals surface area contributed by atoms with Crippen LogP contribution in [-0.2, 0) is 4.74 Å². The van der Waals surface area contributed by atoms with Gasteiger partial charge in [0.25, 0.3) is 0 Å². The van der Waals surface area contributed by atoms with Gasteiger partial charge in [0.05, 0.1) is 5.56 Å². The van der Waals surface area contributed by atoms with E-state index < -0.39 is 0 Å². The van der Waals surface area contributed by atoms with Gasteiger partial charge in [-0.1, -0.05) is 13.3 Å². The Labute approximate surface area is 94.5 Å². The molecule has 0 saturated heterocycles. The first-order valence-corrected chi connectivity index (χ1v) is 5.28. The van der Waals surface area contributed by atoms with Gasteiger partial charge in [-0.3, -0.25) is 4.79 Å². The largest absolute Gasteiger partial charge is 0.508 e. The number of aromatic hydroxyl groups is 2. The molecule has 88 valence electrons. The third-order valence-electron chi connectivity index (χ3n) is 2.16. The van der Waals surface area contributed by atoms with Crippen molar-refractivity contribution >= 4 is 5.78 Å². The molecule has 16 heavy (non-hydrogen) atoms. The first-order valence-electron chi connectivity index (χ1n) is 5.28. The molecule has 4 nitrogen and oxygen atoms in total. The van der Waals surface area contributed by atoms with Gasteiger partial charge in [0, 0.05) is 12.7 Å². The van der Waals surface area contributed by atoms with Crippen LogP contribution in [0.4, 0.5) is 0 Å². The van der Waals surface area contributed by atoms with Crippen LogP contribution in [0.15, 0.2) is 18.2 Å². The summed E-state index contributed by atoms with van der Waals surface area (Å²) >= 11 is 0. The van der Waals surface area contributed by atoms with Crippen molar-refractivity contribution in [3.8, 4) is 11.5 Å². The molecule has 4 heteroatoms. The Morgan fingerprint density at radius 2 is 2.12 bits per heavy atom. The summed E-state index contributed by atoms with van der Waals surface area (Å²) in [6.07, 6.45) is 1.92.